The molecule has 0 atom stereocenters. The maximum atomic E-state index is 5.36. The topological polar surface area (TPSA) is 33.3 Å². The number of hydrogen-bond acceptors (Lipinski definition) is 2. The van der Waals surface area contributed by atoms with Gasteiger partial charge in [-0.15, -0.1) is 0 Å². The summed E-state index contributed by atoms with van der Waals surface area (Å²) in [5.74, 6) is 0.877. The Morgan fingerprint density at radius 3 is 2.17 bits per heavy atom. The van der Waals surface area contributed by atoms with Gasteiger partial charge in [0.1, 0.15) is 5.75 Å². The van der Waals surface area contributed by atoms with Gasteiger partial charge in [0.15, 0.2) is 5.11 Å². The molecule has 0 amide bonds. The van der Waals surface area contributed by atoms with Gasteiger partial charge < -0.3 is 15.4 Å². The molecule has 0 radical (unpaired) electrons. The van der Waals surface area contributed by atoms with E-state index in [1.54, 1.807) is 7.11 Å². The van der Waals surface area contributed by atoms with E-state index < -0.39 is 0 Å². The predicted octanol–water partition coefficient (Wildman–Crippen LogP) is 4.52. The largest absolute Gasteiger partial charge is 0.497 e. The van der Waals surface area contributed by atoms with Gasteiger partial charge in [-0.25, -0.2) is 0 Å². The van der Waals surface area contributed by atoms with E-state index in [1.165, 1.54) is 11.1 Å². The third-order valence-corrected chi connectivity index (χ3v) is 4.11. The van der Waals surface area contributed by atoms with Crippen LogP contribution in [0.25, 0.3) is 0 Å². The van der Waals surface area contributed by atoms with Crippen LogP contribution in [-0.4, -0.2) is 18.8 Å². The van der Waals surface area contributed by atoms with Crippen LogP contribution in [-0.2, 0) is 11.8 Å². The van der Waals surface area contributed by atoms with Gasteiger partial charge in [-0.1, -0.05) is 45.0 Å². The highest BCUT2D eigenvalue weighted by molar-refractivity contribution is 7.80. The van der Waals surface area contributed by atoms with Crippen molar-refractivity contribution in [1.82, 2.24) is 5.32 Å². The molecule has 0 saturated carbocycles. The zero-order valence-corrected chi connectivity index (χ0v) is 15.7. The Hall–Kier alpha value is -2.07. The van der Waals surface area contributed by atoms with E-state index in [9.17, 15) is 0 Å². The third-order valence-electron chi connectivity index (χ3n) is 3.87. The number of thiocarbonyl (C=S) groups is 1. The molecule has 0 unspecified atom stereocenters. The zero-order chi connectivity index (χ0) is 17.6. The average molecular weight is 343 g/mol. The lowest BCUT2D eigenvalue weighted by Gasteiger charge is -2.19. The van der Waals surface area contributed by atoms with Gasteiger partial charge in [0.25, 0.3) is 0 Å². The molecule has 0 aromatic heterocycles. The number of anilines is 1. The molecule has 2 rings (SSSR count). The first-order chi connectivity index (χ1) is 11.4. The van der Waals surface area contributed by atoms with Crippen molar-refractivity contribution < 1.29 is 4.74 Å². The molecule has 3 nitrogen and oxygen atoms in total. The van der Waals surface area contributed by atoms with Crippen molar-refractivity contribution in [3.05, 3.63) is 59.7 Å². The molecule has 0 spiro atoms. The molecule has 0 fully saturated rings. The summed E-state index contributed by atoms with van der Waals surface area (Å²) in [6.07, 6.45) is 0.911. The van der Waals surface area contributed by atoms with Crippen LogP contribution in [0.5, 0.6) is 5.75 Å². The fourth-order valence-electron chi connectivity index (χ4n) is 2.34. The molecule has 2 aromatic carbocycles. The van der Waals surface area contributed by atoms with Gasteiger partial charge in [0.2, 0.25) is 0 Å². The summed E-state index contributed by atoms with van der Waals surface area (Å²) in [5, 5.41) is 7.11. The summed E-state index contributed by atoms with van der Waals surface area (Å²) in [7, 11) is 1.68. The Labute approximate surface area is 150 Å². The molecular formula is C20H26N2OS. The van der Waals surface area contributed by atoms with Gasteiger partial charge in [-0.3, -0.25) is 0 Å². The third kappa shape index (κ3) is 5.53. The number of nitrogens with one attached hydrogen (secondary N) is 2. The van der Waals surface area contributed by atoms with Crippen molar-refractivity contribution in [2.24, 2.45) is 0 Å². The van der Waals surface area contributed by atoms with E-state index in [0.717, 1.165) is 24.4 Å². The zero-order valence-electron chi connectivity index (χ0n) is 14.8. The second-order valence-electron chi connectivity index (χ2n) is 6.81. The van der Waals surface area contributed by atoms with E-state index in [0.29, 0.717) is 5.11 Å². The first-order valence-electron chi connectivity index (χ1n) is 8.17. The van der Waals surface area contributed by atoms with Crippen molar-refractivity contribution in [1.29, 1.82) is 0 Å². The van der Waals surface area contributed by atoms with Crippen LogP contribution in [0.2, 0.25) is 0 Å². The molecule has 2 aromatic rings. The minimum atomic E-state index is 0.162. The maximum absolute atomic E-state index is 5.36. The molecule has 0 aliphatic carbocycles. The van der Waals surface area contributed by atoms with E-state index in [-0.39, 0.29) is 5.41 Å². The van der Waals surface area contributed by atoms with Crippen LogP contribution >= 0.6 is 12.2 Å². The second kappa shape index (κ2) is 8.15. The molecule has 128 valence electrons. The fraction of sp³-hybridized carbons (Fsp3) is 0.350. The van der Waals surface area contributed by atoms with Crippen molar-refractivity contribution in [3.8, 4) is 5.75 Å². The van der Waals surface area contributed by atoms with Gasteiger partial charge in [0, 0.05) is 12.2 Å². The Bertz CT molecular complexity index is 658. The molecule has 0 aliphatic heterocycles. The number of benzene rings is 2. The lowest BCUT2D eigenvalue weighted by molar-refractivity contribution is 0.414. The van der Waals surface area contributed by atoms with Crippen LogP contribution in [0.1, 0.15) is 31.9 Å². The van der Waals surface area contributed by atoms with Gasteiger partial charge >= 0.3 is 0 Å². The number of methoxy groups -OCH3 is 1. The number of hydrogen-bond donors (Lipinski definition) is 2. The summed E-state index contributed by atoms with van der Waals surface area (Å²) < 4.78 is 5.16. The molecule has 24 heavy (non-hydrogen) atoms. The van der Waals surface area contributed by atoms with E-state index in [4.69, 9.17) is 17.0 Å². The van der Waals surface area contributed by atoms with Crippen molar-refractivity contribution in [3.63, 3.8) is 0 Å². The highest BCUT2D eigenvalue weighted by atomic mass is 32.1. The van der Waals surface area contributed by atoms with Crippen molar-refractivity contribution in [2.45, 2.75) is 32.6 Å². The predicted molar refractivity (Wildman–Crippen MR) is 106 cm³/mol. The normalized spacial score (nSPS) is 11.0. The first kappa shape index (κ1) is 18.3. The quantitative estimate of drug-likeness (QED) is 0.783. The van der Waals surface area contributed by atoms with Crippen LogP contribution in [0, 0.1) is 0 Å². The summed E-state index contributed by atoms with van der Waals surface area (Å²) >= 11 is 5.36. The summed E-state index contributed by atoms with van der Waals surface area (Å²) in [5.41, 5.74) is 3.73. The summed E-state index contributed by atoms with van der Waals surface area (Å²) in [6, 6.07) is 16.5. The molecule has 0 heterocycles. The first-order valence-corrected chi connectivity index (χ1v) is 8.57. The second-order valence-corrected chi connectivity index (χ2v) is 7.21. The molecule has 0 saturated heterocycles. The lowest BCUT2D eigenvalue weighted by atomic mass is 9.87. The average Bonchev–Trinajstić information content (AvgIpc) is 2.55. The SMILES string of the molecule is COc1ccc(CCNC(=S)Nc2ccc(C(C)(C)C)cc2)cc1. The molecule has 2 N–H and O–H groups in total. The van der Waals surface area contributed by atoms with E-state index >= 15 is 0 Å². The van der Waals surface area contributed by atoms with Crippen LogP contribution in [0.4, 0.5) is 5.69 Å². The highest BCUT2D eigenvalue weighted by Gasteiger charge is 2.12. The van der Waals surface area contributed by atoms with E-state index in [1.807, 2.05) is 12.1 Å². The minimum absolute atomic E-state index is 0.162. The highest BCUT2D eigenvalue weighted by Crippen LogP contribution is 2.23. The standard InChI is InChI=1S/C20H26N2OS/c1-20(2,3)16-7-9-17(10-8-16)22-19(24)21-14-13-15-5-11-18(23-4)12-6-15/h5-12H,13-14H2,1-4H3,(H2,21,22,24). The van der Waals surface area contributed by atoms with Gasteiger partial charge in [-0.2, -0.15) is 0 Å². The number of ether oxygens (including phenoxy) is 1. The van der Waals surface area contributed by atoms with Crippen molar-refractivity contribution >= 4 is 23.0 Å². The summed E-state index contributed by atoms with van der Waals surface area (Å²) in [4.78, 5) is 0. The Morgan fingerprint density at radius 2 is 1.62 bits per heavy atom. The molecule has 4 heteroatoms. The smallest absolute Gasteiger partial charge is 0.170 e. The van der Waals surface area contributed by atoms with Crippen LogP contribution in [0.15, 0.2) is 48.5 Å². The molecule has 0 bridgehead atoms. The van der Waals surface area contributed by atoms with Gasteiger partial charge in [-0.05, 0) is 59.4 Å². The maximum Gasteiger partial charge on any atom is 0.170 e. The lowest BCUT2D eigenvalue weighted by Crippen LogP contribution is -2.30. The van der Waals surface area contributed by atoms with Gasteiger partial charge in [0.05, 0.1) is 7.11 Å². The summed E-state index contributed by atoms with van der Waals surface area (Å²) in [6.45, 7) is 7.42. The minimum Gasteiger partial charge on any atom is -0.497 e. The monoisotopic (exact) mass is 342 g/mol. The number of rotatable bonds is 5. The van der Waals surface area contributed by atoms with Crippen molar-refractivity contribution in [2.75, 3.05) is 19.0 Å². The fourth-order valence-corrected chi connectivity index (χ4v) is 2.56. The Balaban J connectivity index is 1.78. The van der Waals surface area contributed by atoms with Crippen LogP contribution in [0.3, 0.4) is 0 Å². The molecular weight excluding hydrogens is 316 g/mol. The Kier molecular flexibility index (Phi) is 6.21. The molecule has 0 aliphatic rings. The van der Waals surface area contributed by atoms with Crippen LogP contribution < -0.4 is 15.4 Å². The van der Waals surface area contributed by atoms with E-state index in [2.05, 4.69) is 67.8 Å². The Morgan fingerprint density at radius 1 is 1.00 bits per heavy atom.